The van der Waals surface area contributed by atoms with Crippen LogP contribution < -0.4 is 10.6 Å². The Bertz CT molecular complexity index is 360. The van der Waals surface area contributed by atoms with Gasteiger partial charge in [0.1, 0.15) is 12.4 Å². The van der Waals surface area contributed by atoms with Crippen molar-refractivity contribution in [1.82, 2.24) is 4.98 Å². The van der Waals surface area contributed by atoms with E-state index in [1.165, 1.54) is 4.90 Å². The van der Waals surface area contributed by atoms with E-state index in [1.54, 1.807) is 32.2 Å². The first-order chi connectivity index (χ1) is 8.33. The van der Waals surface area contributed by atoms with Crippen LogP contribution in [0.25, 0.3) is 0 Å². The average Bonchev–Trinajstić information content (AvgIpc) is 2.26. The van der Waals surface area contributed by atoms with Gasteiger partial charge < -0.3 is 10.6 Å². The fourth-order valence-corrected chi connectivity index (χ4v) is 1.62. The third kappa shape index (κ3) is 4.52. The Morgan fingerprint density at radius 3 is 2.39 bits per heavy atom. The summed E-state index contributed by atoms with van der Waals surface area (Å²) in [6.07, 6.45) is -1.98. The predicted octanol–water partition coefficient (Wildman–Crippen LogP) is 2.36. The Morgan fingerprint density at radius 2 is 2.00 bits per heavy atom. The summed E-state index contributed by atoms with van der Waals surface area (Å²) in [5.74, 6) is 0.336. The van der Waals surface area contributed by atoms with E-state index in [0.29, 0.717) is 18.8 Å². The number of halogens is 3. The van der Waals surface area contributed by atoms with E-state index in [1.807, 2.05) is 0 Å². The van der Waals surface area contributed by atoms with E-state index in [-0.39, 0.29) is 6.04 Å². The van der Waals surface area contributed by atoms with E-state index in [0.717, 1.165) is 5.56 Å². The summed E-state index contributed by atoms with van der Waals surface area (Å²) in [5.41, 5.74) is 6.33. The molecule has 0 saturated heterocycles. The molecule has 102 valence electrons. The van der Waals surface area contributed by atoms with E-state index in [9.17, 15) is 13.2 Å². The second kappa shape index (κ2) is 6.04. The number of nitrogens with two attached hydrogens (primary N) is 1. The van der Waals surface area contributed by atoms with Gasteiger partial charge in [0, 0.05) is 12.2 Å². The van der Waals surface area contributed by atoms with Crippen LogP contribution in [-0.4, -0.2) is 30.3 Å². The molecule has 1 aromatic rings. The second-order valence-electron chi connectivity index (χ2n) is 4.40. The van der Waals surface area contributed by atoms with Crippen molar-refractivity contribution in [3.8, 4) is 0 Å². The van der Waals surface area contributed by atoms with Crippen molar-refractivity contribution in [2.24, 2.45) is 5.73 Å². The zero-order chi connectivity index (χ0) is 13.8. The van der Waals surface area contributed by atoms with Gasteiger partial charge in [-0.2, -0.15) is 13.2 Å². The minimum absolute atomic E-state index is 0.264. The Kier molecular flexibility index (Phi) is 4.95. The summed E-state index contributed by atoms with van der Waals surface area (Å²) >= 11 is 0. The van der Waals surface area contributed by atoms with Gasteiger partial charge in [0.15, 0.2) is 0 Å². The van der Waals surface area contributed by atoms with E-state index in [2.05, 4.69) is 4.98 Å². The fourth-order valence-electron chi connectivity index (χ4n) is 1.62. The van der Waals surface area contributed by atoms with E-state index >= 15 is 0 Å². The molecule has 1 aromatic heterocycles. The van der Waals surface area contributed by atoms with Crippen LogP contribution >= 0.6 is 0 Å². The lowest BCUT2D eigenvalue weighted by molar-refractivity contribution is -0.120. The monoisotopic (exact) mass is 261 g/mol. The van der Waals surface area contributed by atoms with Crippen molar-refractivity contribution in [2.75, 3.05) is 18.0 Å². The standard InChI is InChI=1S/C12H18F3N3/c1-9(2)18(8-12(13,14)15)11-4-3-10(5-6-16)7-17-11/h3-4,7,9H,5-6,8,16H2,1-2H3. The number of alkyl halides is 3. The number of hydrogen-bond donors (Lipinski definition) is 1. The molecule has 0 fully saturated rings. The minimum atomic E-state index is -4.23. The molecule has 0 bridgehead atoms. The summed E-state index contributed by atoms with van der Waals surface area (Å²) in [6.45, 7) is 2.92. The van der Waals surface area contributed by atoms with Gasteiger partial charge in [-0.1, -0.05) is 6.07 Å². The third-order valence-corrected chi connectivity index (χ3v) is 2.51. The maximum absolute atomic E-state index is 12.5. The molecule has 0 spiro atoms. The van der Waals surface area contributed by atoms with Crippen molar-refractivity contribution < 1.29 is 13.2 Å². The molecule has 0 unspecified atom stereocenters. The predicted molar refractivity (Wildman–Crippen MR) is 65.5 cm³/mol. The molecular formula is C12H18F3N3. The van der Waals surface area contributed by atoms with Gasteiger partial charge in [0.05, 0.1) is 0 Å². The summed E-state index contributed by atoms with van der Waals surface area (Å²) in [5, 5.41) is 0. The molecule has 0 radical (unpaired) electrons. The molecule has 1 rings (SSSR count). The van der Waals surface area contributed by atoms with Gasteiger partial charge in [-0.05, 0) is 38.4 Å². The van der Waals surface area contributed by atoms with E-state index < -0.39 is 12.7 Å². The largest absolute Gasteiger partial charge is 0.405 e. The zero-order valence-corrected chi connectivity index (χ0v) is 10.5. The van der Waals surface area contributed by atoms with Gasteiger partial charge in [-0.25, -0.2) is 4.98 Å². The van der Waals surface area contributed by atoms with Gasteiger partial charge in [-0.15, -0.1) is 0 Å². The second-order valence-corrected chi connectivity index (χ2v) is 4.40. The highest BCUT2D eigenvalue weighted by atomic mass is 19.4. The molecule has 0 aliphatic heterocycles. The van der Waals surface area contributed by atoms with Crippen LogP contribution in [-0.2, 0) is 6.42 Å². The molecule has 0 saturated carbocycles. The van der Waals surface area contributed by atoms with Crippen molar-refractivity contribution in [2.45, 2.75) is 32.5 Å². The van der Waals surface area contributed by atoms with Crippen LogP contribution in [0, 0.1) is 0 Å². The first-order valence-corrected chi connectivity index (χ1v) is 5.82. The summed E-state index contributed by atoms with van der Waals surface area (Å²) in [4.78, 5) is 5.30. The third-order valence-electron chi connectivity index (χ3n) is 2.51. The van der Waals surface area contributed by atoms with Crippen molar-refractivity contribution in [3.05, 3.63) is 23.9 Å². The maximum atomic E-state index is 12.5. The smallest absolute Gasteiger partial charge is 0.345 e. The molecule has 0 atom stereocenters. The Morgan fingerprint density at radius 1 is 1.33 bits per heavy atom. The molecule has 2 N–H and O–H groups in total. The summed E-state index contributed by atoms with van der Waals surface area (Å²) in [6, 6.07) is 3.11. The number of hydrogen-bond acceptors (Lipinski definition) is 3. The minimum Gasteiger partial charge on any atom is -0.345 e. The van der Waals surface area contributed by atoms with Crippen LogP contribution in [0.15, 0.2) is 18.3 Å². The molecule has 0 amide bonds. The average molecular weight is 261 g/mol. The van der Waals surface area contributed by atoms with Crippen molar-refractivity contribution in [1.29, 1.82) is 0 Å². The summed E-state index contributed by atoms with van der Waals surface area (Å²) < 4.78 is 37.4. The van der Waals surface area contributed by atoms with Crippen LogP contribution in [0.1, 0.15) is 19.4 Å². The molecule has 0 aromatic carbocycles. The summed E-state index contributed by atoms with van der Waals surface area (Å²) in [7, 11) is 0. The number of aromatic nitrogens is 1. The van der Waals surface area contributed by atoms with Gasteiger partial charge in [-0.3, -0.25) is 0 Å². The lowest BCUT2D eigenvalue weighted by atomic mass is 10.2. The number of nitrogens with zero attached hydrogens (tertiary/aromatic N) is 2. The highest BCUT2D eigenvalue weighted by molar-refractivity contribution is 5.40. The Hall–Kier alpha value is -1.30. The van der Waals surface area contributed by atoms with Crippen molar-refractivity contribution in [3.63, 3.8) is 0 Å². The number of anilines is 1. The number of pyridine rings is 1. The van der Waals surface area contributed by atoms with Gasteiger partial charge in [0.25, 0.3) is 0 Å². The lowest BCUT2D eigenvalue weighted by Crippen LogP contribution is -2.39. The zero-order valence-electron chi connectivity index (χ0n) is 10.5. The van der Waals surface area contributed by atoms with Crippen LogP contribution in [0.4, 0.5) is 19.0 Å². The molecular weight excluding hydrogens is 243 g/mol. The Balaban J connectivity index is 2.86. The SMILES string of the molecule is CC(C)N(CC(F)(F)F)c1ccc(CCN)cn1. The molecule has 0 aliphatic carbocycles. The molecule has 3 nitrogen and oxygen atoms in total. The maximum Gasteiger partial charge on any atom is 0.405 e. The molecule has 0 aliphatic rings. The fraction of sp³-hybridized carbons (Fsp3) is 0.583. The van der Waals surface area contributed by atoms with Gasteiger partial charge in [0.2, 0.25) is 0 Å². The lowest BCUT2D eigenvalue weighted by Gasteiger charge is -2.28. The topological polar surface area (TPSA) is 42.1 Å². The first kappa shape index (κ1) is 14.8. The van der Waals surface area contributed by atoms with Crippen LogP contribution in [0.5, 0.6) is 0 Å². The first-order valence-electron chi connectivity index (χ1n) is 5.82. The van der Waals surface area contributed by atoms with E-state index in [4.69, 9.17) is 5.73 Å². The molecule has 18 heavy (non-hydrogen) atoms. The quantitative estimate of drug-likeness (QED) is 0.884. The Labute approximate surface area is 105 Å². The van der Waals surface area contributed by atoms with Crippen LogP contribution in [0.3, 0.4) is 0 Å². The molecule has 1 heterocycles. The number of rotatable bonds is 5. The van der Waals surface area contributed by atoms with Gasteiger partial charge >= 0.3 is 6.18 Å². The van der Waals surface area contributed by atoms with Crippen LogP contribution in [0.2, 0.25) is 0 Å². The molecule has 6 heteroatoms. The highest BCUT2D eigenvalue weighted by Gasteiger charge is 2.32. The normalized spacial score (nSPS) is 11.9. The highest BCUT2D eigenvalue weighted by Crippen LogP contribution is 2.22. The van der Waals surface area contributed by atoms with Crippen molar-refractivity contribution >= 4 is 5.82 Å².